The first kappa shape index (κ1) is 26.2. The molecule has 2 heterocycles. The monoisotopic (exact) mass is 544 g/mol. The minimum absolute atomic E-state index is 0.0576. The molecule has 1 atom stereocenters. The third-order valence-electron chi connectivity index (χ3n) is 7.35. The van der Waals surface area contributed by atoms with Gasteiger partial charge in [-0.25, -0.2) is 12.4 Å². The van der Waals surface area contributed by atoms with Crippen molar-refractivity contribution in [2.24, 2.45) is 5.41 Å². The summed E-state index contributed by atoms with van der Waals surface area (Å²) >= 11 is 6.62. The Hall–Kier alpha value is -2.39. The molecule has 2 aromatic carbocycles. The van der Waals surface area contributed by atoms with Gasteiger partial charge in [0.1, 0.15) is 0 Å². The van der Waals surface area contributed by atoms with Crippen LogP contribution in [0.3, 0.4) is 0 Å². The van der Waals surface area contributed by atoms with E-state index in [4.69, 9.17) is 21.1 Å². The van der Waals surface area contributed by atoms with Gasteiger partial charge < -0.3 is 14.8 Å². The van der Waals surface area contributed by atoms with E-state index in [9.17, 15) is 13.2 Å². The van der Waals surface area contributed by atoms with Crippen LogP contribution in [0, 0.1) is 12.3 Å². The number of benzene rings is 2. The molecule has 1 amide bonds. The zero-order valence-corrected chi connectivity index (χ0v) is 22.8. The van der Waals surface area contributed by atoms with Crippen LogP contribution >= 0.6 is 11.6 Å². The summed E-state index contributed by atoms with van der Waals surface area (Å²) in [6.07, 6.45) is 5.02. The number of amides is 1. The molecular formula is C28H33ClN2O5S. The molecule has 5 rings (SSSR count). The van der Waals surface area contributed by atoms with Crippen molar-refractivity contribution in [1.29, 1.82) is 0 Å². The van der Waals surface area contributed by atoms with Crippen molar-refractivity contribution in [2.75, 3.05) is 13.2 Å². The van der Waals surface area contributed by atoms with Crippen LogP contribution in [0.15, 0.2) is 47.4 Å². The van der Waals surface area contributed by atoms with E-state index in [-0.39, 0.29) is 29.1 Å². The van der Waals surface area contributed by atoms with Gasteiger partial charge in [0, 0.05) is 22.4 Å². The average Bonchev–Trinajstić information content (AvgIpc) is 3.53. The fourth-order valence-corrected chi connectivity index (χ4v) is 6.46. The number of fused-ring (bicyclic) bond motifs is 1. The number of ether oxygens (including phenoxy) is 2. The number of hydrogen-bond donors (Lipinski definition) is 1. The van der Waals surface area contributed by atoms with Gasteiger partial charge in [-0.15, -0.1) is 0 Å². The number of carbonyl (C=O) groups excluding carboxylic acids is 1. The summed E-state index contributed by atoms with van der Waals surface area (Å²) in [4.78, 5) is 12.8. The summed E-state index contributed by atoms with van der Waals surface area (Å²) < 4.78 is 40.6. The van der Waals surface area contributed by atoms with E-state index in [2.05, 4.69) is 5.32 Å². The van der Waals surface area contributed by atoms with E-state index < -0.39 is 10.0 Å². The Morgan fingerprint density at radius 2 is 1.95 bits per heavy atom. The number of rotatable bonds is 9. The van der Waals surface area contributed by atoms with Crippen LogP contribution in [-0.2, 0) is 37.3 Å². The minimum Gasteiger partial charge on any atom is -0.353 e. The maximum Gasteiger partial charge on any atom is 0.268 e. The first-order valence-corrected chi connectivity index (χ1v) is 14.7. The van der Waals surface area contributed by atoms with Gasteiger partial charge in [-0.05, 0) is 81.3 Å². The van der Waals surface area contributed by atoms with E-state index in [1.807, 2.05) is 19.9 Å². The zero-order valence-electron chi connectivity index (χ0n) is 21.3. The molecule has 37 heavy (non-hydrogen) atoms. The number of nitrogens with one attached hydrogen (secondary N) is 1. The number of aromatic nitrogens is 1. The maximum absolute atomic E-state index is 13.9. The lowest BCUT2D eigenvalue weighted by Gasteiger charge is -2.22. The highest BCUT2D eigenvalue weighted by Gasteiger charge is 2.44. The topological polar surface area (TPSA) is 86.6 Å². The summed E-state index contributed by atoms with van der Waals surface area (Å²) in [5.74, 6) is -0.0576. The van der Waals surface area contributed by atoms with Crippen molar-refractivity contribution in [3.63, 3.8) is 0 Å². The minimum atomic E-state index is -3.93. The fraction of sp³-hybridized carbons (Fsp3) is 0.464. The van der Waals surface area contributed by atoms with Gasteiger partial charge in [0.15, 0.2) is 6.29 Å². The van der Waals surface area contributed by atoms with E-state index in [0.717, 1.165) is 43.2 Å². The van der Waals surface area contributed by atoms with E-state index in [1.165, 1.54) is 3.97 Å². The molecule has 1 saturated heterocycles. The number of halogens is 1. The Morgan fingerprint density at radius 1 is 1.19 bits per heavy atom. The van der Waals surface area contributed by atoms with Gasteiger partial charge in [0.05, 0.1) is 29.3 Å². The number of carbonyl (C=O) groups is 1. The third kappa shape index (κ3) is 5.58. The van der Waals surface area contributed by atoms with Crippen molar-refractivity contribution < 1.29 is 22.7 Å². The van der Waals surface area contributed by atoms with Crippen molar-refractivity contribution in [3.8, 4) is 0 Å². The Bertz CT molecular complexity index is 1400. The lowest BCUT2D eigenvalue weighted by molar-refractivity contribution is -0.161. The molecule has 3 aromatic rings. The second-order valence-electron chi connectivity index (χ2n) is 10.4. The molecule has 0 radical (unpaired) electrons. The smallest absolute Gasteiger partial charge is 0.268 e. The number of hydrogen-bond acceptors (Lipinski definition) is 5. The summed E-state index contributed by atoms with van der Waals surface area (Å²) in [5.41, 5.74) is 2.41. The molecule has 7 nitrogen and oxygen atoms in total. The molecule has 9 heteroatoms. The average molecular weight is 545 g/mol. The molecule has 0 bridgehead atoms. The highest BCUT2D eigenvalue weighted by molar-refractivity contribution is 7.90. The van der Waals surface area contributed by atoms with Crippen molar-refractivity contribution in [3.05, 3.63) is 64.3 Å². The fourth-order valence-electron chi connectivity index (χ4n) is 4.66. The van der Waals surface area contributed by atoms with Gasteiger partial charge in [-0.3, -0.25) is 4.79 Å². The van der Waals surface area contributed by atoms with E-state index >= 15 is 0 Å². The third-order valence-corrected chi connectivity index (χ3v) is 9.48. The maximum atomic E-state index is 13.9. The molecule has 1 unspecified atom stereocenters. The van der Waals surface area contributed by atoms with Crippen LogP contribution in [0.25, 0.3) is 10.9 Å². The van der Waals surface area contributed by atoms with Crippen LogP contribution in [0.4, 0.5) is 0 Å². The second-order valence-corrected chi connectivity index (χ2v) is 12.6. The van der Waals surface area contributed by atoms with Crippen LogP contribution in [0.1, 0.15) is 55.8 Å². The van der Waals surface area contributed by atoms with Crippen molar-refractivity contribution in [2.45, 2.75) is 70.1 Å². The van der Waals surface area contributed by atoms with Gasteiger partial charge >= 0.3 is 0 Å². The molecule has 2 fully saturated rings. The summed E-state index contributed by atoms with van der Waals surface area (Å²) in [7, 11) is -3.93. The predicted molar refractivity (Wildman–Crippen MR) is 143 cm³/mol. The number of nitrogens with zero attached hydrogens (tertiary/aromatic N) is 1. The van der Waals surface area contributed by atoms with Crippen LogP contribution in [-0.4, -0.2) is 37.8 Å². The highest BCUT2D eigenvalue weighted by atomic mass is 35.5. The molecule has 2 aliphatic rings. The van der Waals surface area contributed by atoms with E-state index in [0.29, 0.717) is 41.3 Å². The Kier molecular flexibility index (Phi) is 7.38. The van der Waals surface area contributed by atoms with Gasteiger partial charge in [-0.1, -0.05) is 36.2 Å². The standard InChI is InChI=1S/C28H33ClN2O5S/c1-19-6-8-23(9-7-19)37(33,34)31-22(18-30-27(32)28(2)11-12-28)15-21-16-24(29)20(17-25(21)31)10-14-36-26-5-3-4-13-35-26/h6-9,15-17,26H,3-5,10-14,18H2,1-2H3,(H,30,32). The Balaban J connectivity index is 1.49. The lowest BCUT2D eigenvalue weighted by atomic mass is 10.1. The summed E-state index contributed by atoms with van der Waals surface area (Å²) in [6.45, 7) is 5.06. The lowest BCUT2D eigenvalue weighted by Crippen LogP contribution is -2.31. The Labute approximate surface area is 223 Å². The van der Waals surface area contributed by atoms with Gasteiger partial charge in [0.25, 0.3) is 10.0 Å². The highest BCUT2D eigenvalue weighted by Crippen LogP contribution is 2.45. The summed E-state index contributed by atoms with van der Waals surface area (Å²) in [5, 5.41) is 4.19. The molecular weight excluding hydrogens is 512 g/mol. The quantitative estimate of drug-likeness (QED) is 0.393. The predicted octanol–water partition coefficient (Wildman–Crippen LogP) is 5.34. The molecule has 1 N–H and O–H groups in total. The zero-order chi connectivity index (χ0) is 26.2. The Morgan fingerprint density at radius 3 is 2.62 bits per heavy atom. The normalized spacial score (nSPS) is 19.2. The van der Waals surface area contributed by atoms with Gasteiger partial charge in [0.2, 0.25) is 5.91 Å². The van der Waals surface area contributed by atoms with Crippen molar-refractivity contribution >= 4 is 38.4 Å². The largest absolute Gasteiger partial charge is 0.353 e. The van der Waals surface area contributed by atoms with E-state index in [1.54, 1.807) is 36.4 Å². The number of aryl methyl sites for hydroxylation is 1. The second kappa shape index (κ2) is 10.4. The molecule has 1 aliphatic heterocycles. The van der Waals surface area contributed by atoms with Crippen molar-refractivity contribution in [1.82, 2.24) is 9.29 Å². The first-order chi connectivity index (χ1) is 17.7. The first-order valence-electron chi connectivity index (χ1n) is 12.8. The van der Waals surface area contributed by atoms with Crippen LogP contribution in [0.5, 0.6) is 0 Å². The molecule has 198 valence electrons. The summed E-state index contributed by atoms with van der Waals surface area (Å²) in [6, 6.07) is 12.2. The molecule has 0 spiro atoms. The SMILES string of the molecule is Cc1ccc(S(=O)(=O)n2c(CNC(=O)C3(C)CC3)cc3cc(Cl)c(CCOC4CCCCO4)cc32)cc1. The molecule has 1 aromatic heterocycles. The van der Waals surface area contributed by atoms with Gasteiger partial charge in [-0.2, -0.15) is 0 Å². The van der Waals surface area contributed by atoms with Crippen LogP contribution < -0.4 is 5.32 Å². The molecule has 1 saturated carbocycles. The molecule has 1 aliphatic carbocycles. The van der Waals surface area contributed by atoms with Crippen LogP contribution in [0.2, 0.25) is 5.02 Å².